The van der Waals surface area contributed by atoms with Gasteiger partial charge < -0.3 is 15.7 Å². The minimum atomic E-state index is 0.0163. The Labute approximate surface area is 106 Å². The first kappa shape index (κ1) is 12.4. The van der Waals surface area contributed by atoms with Crippen molar-refractivity contribution in [2.45, 2.75) is 19.3 Å². The maximum atomic E-state index is 9.38. The molecule has 1 aliphatic rings. The molecule has 6 heteroatoms. The zero-order chi connectivity index (χ0) is 12.3. The van der Waals surface area contributed by atoms with Crippen molar-refractivity contribution in [1.82, 2.24) is 9.97 Å². The van der Waals surface area contributed by atoms with Crippen LogP contribution in [-0.2, 0) is 0 Å². The predicted octanol–water partition coefficient (Wildman–Crippen LogP) is 1.75. The van der Waals surface area contributed by atoms with Crippen LogP contribution in [0.5, 0.6) is 0 Å². The first-order chi connectivity index (χ1) is 8.21. The fourth-order valence-corrected chi connectivity index (χ4v) is 2.29. The molecule has 1 fully saturated rings. The molecular formula is C11H17ClN4O. The zero-order valence-corrected chi connectivity index (χ0v) is 10.6. The van der Waals surface area contributed by atoms with Crippen LogP contribution in [0.4, 0.5) is 11.5 Å². The van der Waals surface area contributed by atoms with Gasteiger partial charge in [-0.3, -0.25) is 0 Å². The molecule has 1 saturated carbocycles. The minimum absolute atomic E-state index is 0.0163. The summed E-state index contributed by atoms with van der Waals surface area (Å²) < 4.78 is 0. The summed E-state index contributed by atoms with van der Waals surface area (Å²) in [6, 6.07) is 0. The van der Waals surface area contributed by atoms with Gasteiger partial charge in [0.1, 0.15) is 12.0 Å². The van der Waals surface area contributed by atoms with Crippen molar-refractivity contribution >= 4 is 23.1 Å². The quantitative estimate of drug-likeness (QED) is 0.700. The molecule has 0 bridgehead atoms. The second kappa shape index (κ2) is 5.06. The van der Waals surface area contributed by atoms with E-state index < -0.39 is 0 Å². The molecule has 2 rings (SSSR count). The summed E-state index contributed by atoms with van der Waals surface area (Å²) in [5.74, 6) is 0.687. The van der Waals surface area contributed by atoms with Gasteiger partial charge in [-0.15, -0.1) is 0 Å². The molecule has 0 spiro atoms. The van der Waals surface area contributed by atoms with E-state index in [-0.39, 0.29) is 12.0 Å². The number of aliphatic hydroxyl groups is 1. The molecule has 0 radical (unpaired) electrons. The summed E-state index contributed by atoms with van der Waals surface area (Å²) in [4.78, 5) is 8.07. The molecule has 0 aliphatic heterocycles. The van der Waals surface area contributed by atoms with Crippen LogP contribution in [0.1, 0.15) is 19.3 Å². The number of rotatable bonds is 5. The third kappa shape index (κ3) is 2.45. The van der Waals surface area contributed by atoms with E-state index in [1.165, 1.54) is 12.7 Å². The largest absolute Gasteiger partial charge is 0.396 e. The third-order valence-electron chi connectivity index (χ3n) is 3.43. The van der Waals surface area contributed by atoms with Gasteiger partial charge in [-0.2, -0.15) is 0 Å². The van der Waals surface area contributed by atoms with Crippen LogP contribution in [0.2, 0.25) is 5.15 Å². The number of aromatic nitrogens is 2. The molecule has 5 nitrogen and oxygen atoms in total. The van der Waals surface area contributed by atoms with Gasteiger partial charge in [0.05, 0.1) is 6.61 Å². The molecule has 17 heavy (non-hydrogen) atoms. The maximum Gasteiger partial charge on any atom is 0.157 e. The summed E-state index contributed by atoms with van der Waals surface area (Å²) in [5.41, 5.74) is 0.712. The van der Waals surface area contributed by atoms with Crippen LogP contribution in [0.3, 0.4) is 0 Å². The van der Waals surface area contributed by atoms with Crippen molar-refractivity contribution in [3.8, 4) is 0 Å². The first-order valence-electron chi connectivity index (χ1n) is 5.74. The van der Waals surface area contributed by atoms with Gasteiger partial charge >= 0.3 is 0 Å². The fraction of sp³-hybridized carbons (Fsp3) is 0.636. The van der Waals surface area contributed by atoms with Crippen molar-refractivity contribution in [3.05, 3.63) is 11.5 Å². The minimum Gasteiger partial charge on any atom is -0.396 e. The Morgan fingerprint density at radius 3 is 2.76 bits per heavy atom. The molecule has 94 valence electrons. The third-order valence-corrected chi connectivity index (χ3v) is 3.72. The number of nitrogens with one attached hydrogen (secondary N) is 2. The van der Waals surface area contributed by atoms with Crippen molar-refractivity contribution < 1.29 is 5.11 Å². The first-order valence-corrected chi connectivity index (χ1v) is 6.11. The Kier molecular flexibility index (Phi) is 3.69. The Morgan fingerprint density at radius 2 is 2.24 bits per heavy atom. The average Bonchev–Trinajstić information content (AvgIpc) is 2.28. The topological polar surface area (TPSA) is 70.1 Å². The molecule has 0 unspecified atom stereocenters. The monoisotopic (exact) mass is 256 g/mol. The van der Waals surface area contributed by atoms with Crippen molar-refractivity contribution in [1.29, 1.82) is 0 Å². The number of anilines is 2. The van der Waals surface area contributed by atoms with Gasteiger partial charge in [-0.05, 0) is 12.8 Å². The fourth-order valence-electron chi connectivity index (χ4n) is 2.06. The van der Waals surface area contributed by atoms with Crippen LogP contribution in [0, 0.1) is 5.41 Å². The number of aliphatic hydroxyl groups excluding tert-OH is 1. The van der Waals surface area contributed by atoms with E-state index in [0.29, 0.717) is 23.2 Å². The van der Waals surface area contributed by atoms with Gasteiger partial charge in [-0.25, -0.2) is 9.97 Å². The van der Waals surface area contributed by atoms with E-state index >= 15 is 0 Å². The van der Waals surface area contributed by atoms with E-state index in [1.54, 1.807) is 7.05 Å². The molecule has 3 N–H and O–H groups in total. The summed E-state index contributed by atoms with van der Waals surface area (Å²) in [6.45, 7) is 0.930. The summed E-state index contributed by atoms with van der Waals surface area (Å²) >= 11 is 5.96. The molecular weight excluding hydrogens is 240 g/mol. The Hall–Kier alpha value is -1.07. The second-order valence-electron chi connectivity index (χ2n) is 4.50. The molecule has 0 amide bonds. The van der Waals surface area contributed by atoms with E-state index in [1.807, 2.05) is 0 Å². The molecule has 0 atom stereocenters. The second-order valence-corrected chi connectivity index (χ2v) is 4.86. The normalized spacial score (nSPS) is 17.4. The highest BCUT2D eigenvalue weighted by molar-refractivity contribution is 6.32. The Bertz CT molecular complexity index is 390. The van der Waals surface area contributed by atoms with Crippen molar-refractivity contribution in [3.63, 3.8) is 0 Å². The van der Waals surface area contributed by atoms with Gasteiger partial charge in [0, 0.05) is 19.0 Å². The number of hydrogen-bond donors (Lipinski definition) is 3. The molecule has 1 aromatic rings. The number of hydrogen-bond acceptors (Lipinski definition) is 5. The Morgan fingerprint density at radius 1 is 1.47 bits per heavy atom. The summed E-state index contributed by atoms with van der Waals surface area (Å²) in [7, 11) is 1.78. The average molecular weight is 257 g/mol. The van der Waals surface area contributed by atoms with Crippen LogP contribution in [0.25, 0.3) is 0 Å². The van der Waals surface area contributed by atoms with E-state index in [2.05, 4.69) is 20.6 Å². The summed E-state index contributed by atoms with van der Waals surface area (Å²) in [6.07, 6.45) is 4.73. The maximum absolute atomic E-state index is 9.38. The molecule has 0 aromatic carbocycles. The molecule has 0 saturated heterocycles. The van der Waals surface area contributed by atoms with Gasteiger partial charge in [0.2, 0.25) is 0 Å². The molecule has 1 aliphatic carbocycles. The van der Waals surface area contributed by atoms with Crippen LogP contribution < -0.4 is 10.6 Å². The molecule has 1 heterocycles. The lowest BCUT2D eigenvalue weighted by molar-refractivity contribution is 0.0576. The van der Waals surface area contributed by atoms with Crippen LogP contribution in [-0.4, -0.2) is 35.3 Å². The lowest BCUT2D eigenvalue weighted by Crippen LogP contribution is -2.40. The zero-order valence-electron chi connectivity index (χ0n) is 9.83. The van der Waals surface area contributed by atoms with Crippen LogP contribution >= 0.6 is 11.6 Å². The highest BCUT2D eigenvalue weighted by Crippen LogP contribution is 2.40. The van der Waals surface area contributed by atoms with Crippen molar-refractivity contribution in [2.75, 3.05) is 30.8 Å². The predicted molar refractivity (Wildman–Crippen MR) is 68.4 cm³/mol. The number of nitrogens with zero attached hydrogens (tertiary/aromatic N) is 2. The smallest absolute Gasteiger partial charge is 0.157 e. The SMILES string of the molecule is CNc1c(Cl)ncnc1NCC1(CO)CCC1. The van der Waals surface area contributed by atoms with Gasteiger partial charge in [0.25, 0.3) is 0 Å². The molecule has 1 aromatic heterocycles. The van der Waals surface area contributed by atoms with Gasteiger partial charge in [-0.1, -0.05) is 18.0 Å². The highest BCUT2D eigenvalue weighted by Gasteiger charge is 2.36. The number of halogens is 1. The van der Waals surface area contributed by atoms with Crippen LogP contribution in [0.15, 0.2) is 6.33 Å². The van der Waals surface area contributed by atoms with E-state index in [9.17, 15) is 5.11 Å². The summed E-state index contributed by atoms with van der Waals surface area (Å²) in [5, 5.41) is 16.0. The van der Waals surface area contributed by atoms with Gasteiger partial charge in [0.15, 0.2) is 11.0 Å². The van der Waals surface area contributed by atoms with Crippen molar-refractivity contribution in [2.24, 2.45) is 5.41 Å². The van der Waals surface area contributed by atoms with E-state index in [4.69, 9.17) is 11.6 Å². The highest BCUT2D eigenvalue weighted by atomic mass is 35.5. The van der Waals surface area contributed by atoms with E-state index in [0.717, 1.165) is 12.8 Å². The lowest BCUT2D eigenvalue weighted by Gasteiger charge is -2.40. The Balaban J connectivity index is 2.06. The lowest BCUT2D eigenvalue weighted by atomic mass is 9.69. The standard InChI is InChI=1S/C11H17ClN4O/c1-13-8-9(12)15-7-16-10(8)14-5-11(6-17)3-2-4-11/h7,13,17H,2-6H2,1H3,(H,14,15,16).